The third-order valence-corrected chi connectivity index (χ3v) is 7.44. The van der Waals surface area contributed by atoms with Gasteiger partial charge in [0, 0.05) is 22.0 Å². The van der Waals surface area contributed by atoms with Crippen LogP contribution in [0, 0.1) is 5.92 Å². The molecule has 0 fully saturated rings. The molecule has 2 aliphatic rings. The lowest BCUT2D eigenvalue weighted by Gasteiger charge is -2.29. The maximum atomic E-state index is 13.6. The Labute approximate surface area is 217 Å². The molecule has 2 unspecified atom stereocenters. The summed E-state index contributed by atoms with van der Waals surface area (Å²) in [5.41, 5.74) is 7.61. The number of nitrogens with zero attached hydrogens (tertiary/aromatic N) is 3. The van der Waals surface area contributed by atoms with E-state index in [1.165, 1.54) is 5.56 Å². The largest absolute Gasteiger partial charge is 0.286 e. The van der Waals surface area contributed by atoms with Crippen LogP contribution in [0.25, 0.3) is 0 Å². The summed E-state index contributed by atoms with van der Waals surface area (Å²) in [6.45, 7) is 2.81. The minimum absolute atomic E-state index is 0.120. The van der Waals surface area contributed by atoms with Crippen molar-refractivity contribution in [3.8, 4) is 0 Å². The molecule has 5 nitrogen and oxygen atoms in total. The number of nitrogens with one attached hydrogen (secondary N) is 1. The molecule has 0 saturated heterocycles. The molecule has 0 bridgehead atoms. The number of carbonyl (C=O) groups is 1. The molecule has 3 aromatic carbocycles. The Morgan fingerprint density at radius 1 is 1.09 bits per heavy atom. The first kappa shape index (κ1) is 23.2. The van der Waals surface area contributed by atoms with Crippen LogP contribution in [0.4, 0.5) is 11.4 Å². The number of hydrazone groups is 1. The number of halogens is 3. The Hall–Kier alpha value is -2.54. The van der Waals surface area contributed by atoms with E-state index in [2.05, 4.69) is 46.5 Å². The molecule has 1 amide bonds. The predicted molar refractivity (Wildman–Crippen MR) is 143 cm³/mol. The van der Waals surface area contributed by atoms with Gasteiger partial charge in [0.1, 0.15) is 5.71 Å². The second-order valence-corrected chi connectivity index (χ2v) is 10.2. The number of amides is 1. The van der Waals surface area contributed by atoms with Gasteiger partial charge in [-0.25, -0.2) is 0 Å². The van der Waals surface area contributed by atoms with E-state index < -0.39 is 0 Å². The molecule has 0 radical (unpaired) electrons. The number of hydrogen-bond acceptors (Lipinski definition) is 4. The molecule has 0 saturated carbocycles. The lowest BCUT2D eigenvalue weighted by atomic mass is 9.87. The fourth-order valence-electron chi connectivity index (χ4n) is 4.74. The summed E-state index contributed by atoms with van der Waals surface area (Å²) in [7, 11) is 0. The number of fused-ring (bicyclic) bond motifs is 1. The number of hydrogen-bond donors (Lipinski definition) is 1. The van der Waals surface area contributed by atoms with Crippen LogP contribution < -0.4 is 15.4 Å². The van der Waals surface area contributed by atoms with E-state index in [-0.39, 0.29) is 17.9 Å². The van der Waals surface area contributed by atoms with E-state index in [1.807, 2.05) is 46.4 Å². The van der Waals surface area contributed by atoms with Gasteiger partial charge >= 0.3 is 0 Å². The average molecular weight is 558 g/mol. The summed E-state index contributed by atoms with van der Waals surface area (Å²) in [5.74, 6) is -0.316. The SMILES string of the molecule is CCC1C(C(=O)NN2CCc3ccccc32)=NN(c2ccc(Cl)cc2Cl)C1c1ccc(Br)cc1. The summed E-state index contributed by atoms with van der Waals surface area (Å²) < 4.78 is 0.991. The van der Waals surface area contributed by atoms with E-state index in [9.17, 15) is 4.79 Å². The maximum Gasteiger partial charge on any atom is 0.286 e. The third kappa shape index (κ3) is 4.30. The molecule has 2 atom stereocenters. The zero-order valence-corrected chi connectivity index (χ0v) is 21.6. The lowest BCUT2D eigenvalue weighted by Crippen LogP contribution is -2.46. The minimum Gasteiger partial charge on any atom is -0.285 e. The van der Waals surface area contributed by atoms with Crippen molar-refractivity contribution in [3.05, 3.63) is 92.4 Å². The maximum absolute atomic E-state index is 13.6. The second kappa shape index (κ2) is 9.61. The van der Waals surface area contributed by atoms with E-state index in [4.69, 9.17) is 28.3 Å². The normalized spacial score (nSPS) is 19.2. The Balaban J connectivity index is 1.52. The molecule has 0 aliphatic carbocycles. The Morgan fingerprint density at radius 3 is 2.59 bits per heavy atom. The second-order valence-electron chi connectivity index (χ2n) is 8.41. The van der Waals surface area contributed by atoms with Crippen LogP contribution in [0.1, 0.15) is 30.5 Å². The van der Waals surface area contributed by atoms with Gasteiger partial charge in [-0.15, -0.1) is 0 Å². The van der Waals surface area contributed by atoms with Gasteiger partial charge in [0.2, 0.25) is 0 Å². The molecule has 34 heavy (non-hydrogen) atoms. The smallest absolute Gasteiger partial charge is 0.285 e. The van der Waals surface area contributed by atoms with E-state index in [1.54, 1.807) is 12.1 Å². The first-order valence-corrected chi connectivity index (χ1v) is 12.8. The van der Waals surface area contributed by atoms with Gasteiger partial charge in [0.15, 0.2) is 0 Å². The number of para-hydroxylation sites is 1. The van der Waals surface area contributed by atoms with Crippen molar-refractivity contribution >= 4 is 62.1 Å². The van der Waals surface area contributed by atoms with Crippen molar-refractivity contribution in [2.24, 2.45) is 11.0 Å². The number of anilines is 2. The van der Waals surface area contributed by atoms with Gasteiger partial charge in [0.25, 0.3) is 5.91 Å². The van der Waals surface area contributed by atoms with Crippen LogP contribution in [0.15, 0.2) is 76.3 Å². The van der Waals surface area contributed by atoms with Gasteiger partial charge in [-0.05, 0) is 60.4 Å². The standard InChI is InChI=1S/C26H23BrCl2N4O/c1-2-20-24(26(34)31-32-14-13-16-5-3-4-6-22(16)32)30-33(23-12-11-19(28)15-21(23)29)25(20)17-7-9-18(27)10-8-17/h3-12,15,20,25H,2,13-14H2,1H3,(H,31,34). The molecular formula is C26H23BrCl2N4O. The Bertz CT molecular complexity index is 1260. The molecule has 2 heterocycles. The van der Waals surface area contributed by atoms with Crippen LogP contribution in [-0.4, -0.2) is 18.2 Å². The Kier molecular flexibility index (Phi) is 6.56. The molecule has 2 aliphatic heterocycles. The highest BCUT2D eigenvalue weighted by Gasteiger charge is 2.42. The van der Waals surface area contributed by atoms with Crippen LogP contribution in [0.3, 0.4) is 0 Å². The topological polar surface area (TPSA) is 47.9 Å². The van der Waals surface area contributed by atoms with E-state index >= 15 is 0 Å². The number of carbonyl (C=O) groups excluding carboxylic acids is 1. The molecule has 0 spiro atoms. The summed E-state index contributed by atoms with van der Waals surface area (Å²) in [6, 6.07) is 21.4. The fraction of sp³-hybridized carbons (Fsp3) is 0.231. The van der Waals surface area contributed by atoms with Crippen molar-refractivity contribution in [2.45, 2.75) is 25.8 Å². The van der Waals surface area contributed by atoms with Gasteiger partial charge in [0.05, 0.1) is 22.4 Å². The molecular weight excluding hydrogens is 535 g/mol. The first-order chi connectivity index (χ1) is 16.5. The molecule has 3 aromatic rings. The highest BCUT2D eigenvalue weighted by atomic mass is 79.9. The van der Waals surface area contributed by atoms with Crippen LogP contribution >= 0.6 is 39.1 Å². The lowest BCUT2D eigenvalue weighted by molar-refractivity contribution is -0.115. The van der Waals surface area contributed by atoms with Crippen molar-refractivity contribution in [3.63, 3.8) is 0 Å². The summed E-state index contributed by atoms with van der Waals surface area (Å²) in [5, 5.41) is 9.67. The monoisotopic (exact) mass is 556 g/mol. The number of hydrazine groups is 1. The zero-order valence-electron chi connectivity index (χ0n) is 18.5. The summed E-state index contributed by atoms with van der Waals surface area (Å²) >= 11 is 16.3. The van der Waals surface area contributed by atoms with Gasteiger partial charge < -0.3 is 0 Å². The zero-order chi connectivity index (χ0) is 23.8. The van der Waals surface area contributed by atoms with Crippen LogP contribution in [-0.2, 0) is 11.2 Å². The van der Waals surface area contributed by atoms with Crippen LogP contribution in [0.2, 0.25) is 10.0 Å². The fourth-order valence-corrected chi connectivity index (χ4v) is 5.50. The highest BCUT2D eigenvalue weighted by Crippen LogP contribution is 2.44. The van der Waals surface area contributed by atoms with Gasteiger partial charge in [-0.3, -0.25) is 20.2 Å². The number of benzene rings is 3. The van der Waals surface area contributed by atoms with Crippen LogP contribution in [0.5, 0.6) is 0 Å². The van der Waals surface area contributed by atoms with Crippen molar-refractivity contribution in [2.75, 3.05) is 16.6 Å². The predicted octanol–water partition coefficient (Wildman–Crippen LogP) is 6.79. The third-order valence-electron chi connectivity index (χ3n) is 6.38. The molecule has 174 valence electrons. The van der Waals surface area contributed by atoms with Gasteiger partial charge in [-0.1, -0.05) is 76.4 Å². The molecule has 0 aromatic heterocycles. The molecule has 8 heteroatoms. The Morgan fingerprint density at radius 2 is 1.85 bits per heavy atom. The average Bonchev–Trinajstić information content (AvgIpc) is 3.41. The van der Waals surface area contributed by atoms with E-state index in [0.29, 0.717) is 21.4 Å². The van der Waals surface area contributed by atoms with Crippen molar-refractivity contribution in [1.82, 2.24) is 5.43 Å². The van der Waals surface area contributed by atoms with Crippen molar-refractivity contribution < 1.29 is 4.79 Å². The van der Waals surface area contributed by atoms with Crippen molar-refractivity contribution in [1.29, 1.82) is 0 Å². The van der Waals surface area contributed by atoms with E-state index in [0.717, 1.165) is 35.1 Å². The summed E-state index contributed by atoms with van der Waals surface area (Å²) in [4.78, 5) is 13.6. The quantitative estimate of drug-likeness (QED) is 0.375. The summed E-state index contributed by atoms with van der Waals surface area (Å²) in [6.07, 6.45) is 1.64. The minimum atomic E-state index is -0.196. The molecule has 1 N–H and O–H groups in total. The highest BCUT2D eigenvalue weighted by molar-refractivity contribution is 9.10. The van der Waals surface area contributed by atoms with Gasteiger partial charge in [-0.2, -0.15) is 5.10 Å². The first-order valence-electron chi connectivity index (χ1n) is 11.2. The number of rotatable bonds is 5. The molecule has 5 rings (SSSR count).